The Morgan fingerprint density at radius 1 is 1.40 bits per heavy atom. The number of anilines is 2. The van der Waals surface area contributed by atoms with Gasteiger partial charge in [0.1, 0.15) is 5.69 Å². The third kappa shape index (κ3) is 6.65. The lowest BCUT2D eigenvalue weighted by Crippen LogP contribution is -2.33. The van der Waals surface area contributed by atoms with Crippen LogP contribution in [0.5, 0.6) is 0 Å². The van der Waals surface area contributed by atoms with Gasteiger partial charge in [0, 0.05) is 11.4 Å². The highest BCUT2D eigenvalue weighted by molar-refractivity contribution is 7.14. The number of carbonyl (C=O) groups is 1. The number of nitrogens with zero attached hydrogens (tertiary/aromatic N) is 1. The van der Waals surface area contributed by atoms with Gasteiger partial charge in [-0.3, -0.25) is 4.79 Å². The number of hydrogen-bond acceptors (Lipinski definition) is 5. The summed E-state index contributed by atoms with van der Waals surface area (Å²) >= 11 is 7.47. The SMILES string of the molecule is CC(CCCC(C)(C)O)NC(=O)c1csc(Nc2ccccc2Cl)n1. The van der Waals surface area contributed by atoms with Gasteiger partial charge in [0.2, 0.25) is 0 Å². The maximum Gasteiger partial charge on any atom is 0.271 e. The number of nitrogens with one attached hydrogen (secondary N) is 2. The van der Waals surface area contributed by atoms with Crippen molar-refractivity contribution in [1.29, 1.82) is 0 Å². The number of hydrogen-bond donors (Lipinski definition) is 3. The smallest absolute Gasteiger partial charge is 0.271 e. The Bertz CT molecular complexity index is 712. The minimum Gasteiger partial charge on any atom is -0.390 e. The number of amides is 1. The molecule has 0 bridgehead atoms. The third-order valence-electron chi connectivity index (χ3n) is 3.66. The molecule has 0 fully saturated rings. The standard InChI is InChI=1S/C18H24ClN3O2S/c1-12(7-6-10-18(2,3)24)20-16(23)15-11-25-17(22-15)21-14-9-5-4-8-13(14)19/h4-5,8-9,11-12,24H,6-7,10H2,1-3H3,(H,20,23)(H,21,22). The Morgan fingerprint density at radius 3 is 2.80 bits per heavy atom. The van der Waals surface area contributed by atoms with Crippen LogP contribution < -0.4 is 10.6 Å². The Hall–Kier alpha value is -1.63. The fourth-order valence-corrected chi connectivity index (χ4v) is 3.21. The molecule has 0 saturated carbocycles. The first kappa shape index (κ1) is 19.7. The summed E-state index contributed by atoms with van der Waals surface area (Å²) in [6.45, 7) is 5.54. The van der Waals surface area contributed by atoms with Gasteiger partial charge in [-0.1, -0.05) is 23.7 Å². The van der Waals surface area contributed by atoms with Crippen LogP contribution >= 0.6 is 22.9 Å². The van der Waals surface area contributed by atoms with E-state index in [1.54, 1.807) is 25.3 Å². The second kappa shape index (κ2) is 8.65. The van der Waals surface area contributed by atoms with Crippen LogP contribution in [0, 0.1) is 0 Å². The van der Waals surface area contributed by atoms with Crippen LogP contribution in [-0.4, -0.2) is 27.6 Å². The number of benzene rings is 1. The van der Waals surface area contributed by atoms with Crippen molar-refractivity contribution in [3.8, 4) is 0 Å². The van der Waals surface area contributed by atoms with Crippen LogP contribution in [0.1, 0.15) is 50.5 Å². The maximum atomic E-state index is 12.3. The first-order valence-corrected chi connectivity index (χ1v) is 9.51. The summed E-state index contributed by atoms with van der Waals surface area (Å²) in [5.74, 6) is -0.195. The van der Waals surface area contributed by atoms with Crippen molar-refractivity contribution in [1.82, 2.24) is 10.3 Å². The van der Waals surface area contributed by atoms with Gasteiger partial charge < -0.3 is 15.7 Å². The van der Waals surface area contributed by atoms with E-state index in [1.165, 1.54) is 11.3 Å². The van der Waals surface area contributed by atoms with Crippen LogP contribution in [0.15, 0.2) is 29.6 Å². The predicted molar refractivity (Wildman–Crippen MR) is 104 cm³/mol. The van der Waals surface area contributed by atoms with Crippen LogP contribution in [0.4, 0.5) is 10.8 Å². The maximum absolute atomic E-state index is 12.3. The quantitative estimate of drug-likeness (QED) is 0.624. The van der Waals surface area contributed by atoms with E-state index in [-0.39, 0.29) is 11.9 Å². The highest BCUT2D eigenvalue weighted by atomic mass is 35.5. The monoisotopic (exact) mass is 381 g/mol. The number of aliphatic hydroxyl groups is 1. The Balaban J connectivity index is 1.86. The van der Waals surface area contributed by atoms with Crippen molar-refractivity contribution in [2.45, 2.75) is 51.7 Å². The predicted octanol–water partition coefficient (Wildman–Crippen LogP) is 4.60. The summed E-state index contributed by atoms with van der Waals surface area (Å²) in [4.78, 5) is 16.6. The van der Waals surface area contributed by atoms with E-state index < -0.39 is 5.60 Å². The molecule has 1 unspecified atom stereocenters. The Morgan fingerprint density at radius 2 is 2.12 bits per heavy atom. The molecule has 25 heavy (non-hydrogen) atoms. The normalized spacial score (nSPS) is 12.7. The molecule has 1 amide bonds. The summed E-state index contributed by atoms with van der Waals surface area (Å²) in [6.07, 6.45) is 2.36. The van der Waals surface area contributed by atoms with E-state index >= 15 is 0 Å². The summed E-state index contributed by atoms with van der Waals surface area (Å²) in [7, 11) is 0. The molecule has 1 aromatic heterocycles. The number of para-hydroxylation sites is 1. The molecule has 0 aliphatic rings. The molecule has 3 N–H and O–H groups in total. The fraction of sp³-hybridized carbons (Fsp3) is 0.444. The average molecular weight is 382 g/mol. The molecular weight excluding hydrogens is 358 g/mol. The molecule has 7 heteroatoms. The van der Waals surface area contributed by atoms with E-state index in [0.29, 0.717) is 22.3 Å². The first-order chi connectivity index (χ1) is 11.7. The zero-order valence-electron chi connectivity index (χ0n) is 14.7. The second-order valence-corrected chi connectivity index (χ2v) is 7.99. The van der Waals surface area contributed by atoms with Gasteiger partial charge in [-0.25, -0.2) is 4.98 Å². The van der Waals surface area contributed by atoms with Crippen LogP contribution in [-0.2, 0) is 0 Å². The highest BCUT2D eigenvalue weighted by Gasteiger charge is 2.16. The van der Waals surface area contributed by atoms with E-state index in [4.69, 9.17) is 11.6 Å². The minimum atomic E-state index is -0.669. The van der Waals surface area contributed by atoms with Gasteiger partial charge in [-0.2, -0.15) is 0 Å². The van der Waals surface area contributed by atoms with E-state index in [0.717, 1.165) is 18.5 Å². The molecule has 5 nitrogen and oxygen atoms in total. The third-order valence-corrected chi connectivity index (χ3v) is 4.74. The van der Waals surface area contributed by atoms with Gasteiger partial charge in [0.05, 0.1) is 16.3 Å². The van der Waals surface area contributed by atoms with Crippen molar-refractivity contribution in [3.63, 3.8) is 0 Å². The van der Waals surface area contributed by atoms with Crippen LogP contribution in [0.3, 0.4) is 0 Å². The van der Waals surface area contributed by atoms with Gasteiger partial charge in [-0.05, 0) is 52.2 Å². The van der Waals surface area contributed by atoms with Crippen molar-refractivity contribution < 1.29 is 9.90 Å². The lowest BCUT2D eigenvalue weighted by atomic mass is 10.00. The highest BCUT2D eigenvalue weighted by Crippen LogP contribution is 2.26. The molecular formula is C18H24ClN3O2S. The number of halogens is 1. The minimum absolute atomic E-state index is 0.0246. The Labute approximate surface area is 157 Å². The van der Waals surface area contributed by atoms with Gasteiger partial charge in [0.25, 0.3) is 5.91 Å². The molecule has 2 rings (SSSR count). The molecule has 0 saturated heterocycles. The van der Waals surface area contributed by atoms with Crippen LogP contribution in [0.2, 0.25) is 5.02 Å². The summed E-state index contributed by atoms with van der Waals surface area (Å²) in [5, 5.41) is 18.7. The molecule has 1 atom stereocenters. The first-order valence-electron chi connectivity index (χ1n) is 8.25. The molecule has 0 spiro atoms. The zero-order chi connectivity index (χ0) is 18.4. The number of carbonyl (C=O) groups excluding carboxylic acids is 1. The summed E-state index contributed by atoms with van der Waals surface area (Å²) < 4.78 is 0. The molecule has 2 aromatic rings. The molecule has 0 radical (unpaired) electrons. The molecule has 1 aromatic carbocycles. The zero-order valence-corrected chi connectivity index (χ0v) is 16.2. The summed E-state index contributed by atoms with van der Waals surface area (Å²) in [6, 6.07) is 7.41. The van der Waals surface area contributed by atoms with Crippen molar-refractivity contribution in [2.24, 2.45) is 0 Å². The Kier molecular flexibility index (Phi) is 6.81. The van der Waals surface area contributed by atoms with Gasteiger partial charge in [-0.15, -0.1) is 11.3 Å². The van der Waals surface area contributed by atoms with Crippen molar-refractivity contribution in [2.75, 3.05) is 5.32 Å². The summed E-state index contributed by atoms with van der Waals surface area (Å²) in [5.41, 5.74) is 0.470. The lowest BCUT2D eigenvalue weighted by molar-refractivity contribution is 0.0674. The molecule has 1 heterocycles. The van der Waals surface area contributed by atoms with E-state index in [2.05, 4.69) is 15.6 Å². The van der Waals surface area contributed by atoms with Gasteiger partial charge >= 0.3 is 0 Å². The molecule has 136 valence electrons. The second-order valence-electron chi connectivity index (χ2n) is 6.72. The van der Waals surface area contributed by atoms with Gasteiger partial charge in [0.15, 0.2) is 5.13 Å². The largest absolute Gasteiger partial charge is 0.390 e. The van der Waals surface area contributed by atoms with E-state index in [1.807, 2.05) is 25.1 Å². The topological polar surface area (TPSA) is 74.2 Å². The molecule has 0 aliphatic carbocycles. The van der Waals surface area contributed by atoms with Crippen molar-refractivity contribution in [3.05, 3.63) is 40.4 Å². The van der Waals surface area contributed by atoms with Crippen molar-refractivity contribution >= 4 is 39.7 Å². The van der Waals surface area contributed by atoms with Crippen LogP contribution in [0.25, 0.3) is 0 Å². The number of thiazole rings is 1. The molecule has 0 aliphatic heterocycles. The van der Waals surface area contributed by atoms with E-state index in [9.17, 15) is 9.90 Å². The average Bonchev–Trinajstić information content (AvgIpc) is 2.97. The lowest BCUT2D eigenvalue weighted by Gasteiger charge is -2.18. The number of rotatable bonds is 8. The number of aromatic nitrogens is 1. The fourth-order valence-electron chi connectivity index (χ4n) is 2.32.